The second-order valence-electron chi connectivity index (χ2n) is 6.63. The lowest BCUT2D eigenvalue weighted by Crippen LogP contribution is -2.27. The van der Waals surface area contributed by atoms with Gasteiger partial charge in [0.1, 0.15) is 15.7 Å². The van der Waals surface area contributed by atoms with E-state index in [1.54, 1.807) is 10.7 Å². The second-order valence-corrected chi connectivity index (χ2v) is 9.37. The first kappa shape index (κ1) is 17.3. The number of nitrogens with one attached hydrogen (secondary N) is 1. The fourth-order valence-electron chi connectivity index (χ4n) is 3.22. The predicted octanol–water partition coefficient (Wildman–Crippen LogP) is 3.29. The monoisotopic (exact) mass is 390 g/mol. The van der Waals surface area contributed by atoms with E-state index in [2.05, 4.69) is 15.4 Å². The zero-order valence-electron chi connectivity index (χ0n) is 14.1. The third-order valence-corrected chi connectivity index (χ3v) is 6.70. The average molecular weight is 391 g/mol. The Bertz CT molecular complexity index is 1030. The highest BCUT2D eigenvalue weighted by Crippen LogP contribution is 2.26. The van der Waals surface area contributed by atoms with E-state index in [-0.39, 0.29) is 11.5 Å². The van der Waals surface area contributed by atoms with Gasteiger partial charge in [0.15, 0.2) is 5.65 Å². The van der Waals surface area contributed by atoms with Gasteiger partial charge in [-0.1, -0.05) is 23.7 Å². The number of sulfone groups is 1. The molecule has 1 aliphatic rings. The quantitative estimate of drug-likeness (QED) is 0.739. The van der Waals surface area contributed by atoms with Gasteiger partial charge in [-0.25, -0.2) is 17.9 Å². The molecule has 1 N–H and O–H groups in total. The number of nitrogens with zero attached hydrogens (tertiary/aromatic N) is 3. The average Bonchev–Trinajstić information content (AvgIpc) is 3.04. The minimum absolute atomic E-state index is 0.285. The minimum atomic E-state index is -2.83. The molecule has 0 radical (unpaired) electrons. The zero-order valence-corrected chi connectivity index (χ0v) is 15.7. The highest BCUT2D eigenvalue weighted by atomic mass is 35.5. The van der Waals surface area contributed by atoms with Crippen molar-refractivity contribution in [3.05, 3.63) is 47.7 Å². The lowest BCUT2D eigenvalue weighted by atomic mass is 10.0. The number of benzene rings is 1. The SMILES string of the molecule is O=S1(=O)CCC(CNc2ccn3ncc(-c4cccc(Cl)c4)c3n2)CC1. The maximum atomic E-state index is 11.5. The van der Waals surface area contributed by atoms with Crippen molar-refractivity contribution in [2.24, 2.45) is 5.92 Å². The van der Waals surface area contributed by atoms with Gasteiger partial charge < -0.3 is 5.32 Å². The number of anilines is 1. The molecule has 1 aromatic carbocycles. The molecule has 1 aliphatic heterocycles. The first-order valence-corrected chi connectivity index (χ1v) is 10.7. The summed E-state index contributed by atoms with van der Waals surface area (Å²) in [5.41, 5.74) is 2.64. The van der Waals surface area contributed by atoms with Gasteiger partial charge in [-0.2, -0.15) is 5.10 Å². The first-order valence-electron chi connectivity index (χ1n) is 8.55. The van der Waals surface area contributed by atoms with Gasteiger partial charge in [0.05, 0.1) is 17.7 Å². The predicted molar refractivity (Wildman–Crippen MR) is 103 cm³/mol. The Hall–Kier alpha value is -2.12. The number of aromatic nitrogens is 3. The van der Waals surface area contributed by atoms with Gasteiger partial charge in [0, 0.05) is 23.3 Å². The molecule has 2 aromatic heterocycles. The molecule has 6 nitrogen and oxygen atoms in total. The van der Waals surface area contributed by atoms with Gasteiger partial charge >= 0.3 is 0 Å². The fourth-order valence-corrected chi connectivity index (χ4v) is 5.00. The van der Waals surface area contributed by atoms with Crippen molar-refractivity contribution in [2.75, 3.05) is 23.4 Å². The zero-order chi connectivity index (χ0) is 18.1. The molecule has 1 fully saturated rings. The molecule has 0 saturated carbocycles. The van der Waals surface area contributed by atoms with Gasteiger partial charge in [0.2, 0.25) is 0 Å². The van der Waals surface area contributed by atoms with Crippen LogP contribution in [0.2, 0.25) is 5.02 Å². The molecular formula is C18H19ClN4O2S. The van der Waals surface area contributed by atoms with Crippen LogP contribution in [0.3, 0.4) is 0 Å². The third kappa shape index (κ3) is 3.68. The number of hydrogen-bond acceptors (Lipinski definition) is 5. The summed E-state index contributed by atoms with van der Waals surface area (Å²) >= 11 is 6.10. The van der Waals surface area contributed by atoms with Crippen LogP contribution < -0.4 is 5.32 Å². The maximum Gasteiger partial charge on any atom is 0.165 e. The lowest BCUT2D eigenvalue weighted by molar-refractivity contribution is 0.484. The summed E-state index contributed by atoms with van der Waals surface area (Å²) in [5, 5.41) is 8.36. The van der Waals surface area contributed by atoms with Crippen LogP contribution in [0.25, 0.3) is 16.8 Å². The molecular weight excluding hydrogens is 372 g/mol. The Kier molecular flexibility index (Phi) is 4.58. The highest BCUT2D eigenvalue weighted by molar-refractivity contribution is 7.91. The highest BCUT2D eigenvalue weighted by Gasteiger charge is 2.23. The normalized spacial score (nSPS) is 17.4. The van der Waals surface area contributed by atoms with E-state index in [0.29, 0.717) is 23.8 Å². The van der Waals surface area contributed by atoms with Crippen molar-refractivity contribution in [1.29, 1.82) is 0 Å². The maximum absolute atomic E-state index is 11.5. The molecule has 0 aliphatic carbocycles. The van der Waals surface area contributed by atoms with Crippen LogP contribution in [0.15, 0.2) is 42.7 Å². The van der Waals surface area contributed by atoms with Crippen molar-refractivity contribution < 1.29 is 8.42 Å². The molecule has 0 bridgehead atoms. The molecule has 0 amide bonds. The molecule has 4 rings (SSSR count). The van der Waals surface area contributed by atoms with E-state index >= 15 is 0 Å². The summed E-state index contributed by atoms with van der Waals surface area (Å²) in [6, 6.07) is 9.49. The van der Waals surface area contributed by atoms with E-state index < -0.39 is 9.84 Å². The van der Waals surface area contributed by atoms with Crippen molar-refractivity contribution in [1.82, 2.24) is 14.6 Å². The van der Waals surface area contributed by atoms with Crippen LogP contribution >= 0.6 is 11.6 Å². The Morgan fingerprint density at radius 1 is 1.23 bits per heavy atom. The summed E-state index contributed by atoms with van der Waals surface area (Å²) in [5.74, 6) is 1.68. The second kappa shape index (κ2) is 6.89. The molecule has 3 heterocycles. The molecule has 8 heteroatoms. The van der Waals surface area contributed by atoms with E-state index in [1.165, 1.54) is 0 Å². The summed E-state index contributed by atoms with van der Waals surface area (Å²) in [7, 11) is -2.83. The van der Waals surface area contributed by atoms with Crippen molar-refractivity contribution >= 4 is 32.9 Å². The van der Waals surface area contributed by atoms with Crippen molar-refractivity contribution in [3.63, 3.8) is 0 Å². The smallest absolute Gasteiger partial charge is 0.165 e. The lowest BCUT2D eigenvalue weighted by Gasteiger charge is -2.22. The molecule has 3 aromatic rings. The first-order chi connectivity index (χ1) is 12.5. The fraction of sp³-hybridized carbons (Fsp3) is 0.333. The summed E-state index contributed by atoms with van der Waals surface area (Å²) < 4.78 is 24.8. The Labute approximate surface area is 157 Å². The Morgan fingerprint density at radius 3 is 2.81 bits per heavy atom. The van der Waals surface area contributed by atoms with Crippen molar-refractivity contribution in [2.45, 2.75) is 12.8 Å². The molecule has 26 heavy (non-hydrogen) atoms. The number of rotatable bonds is 4. The minimum Gasteiger partial charge on any atom is -0.370 e. The standard InChI is InChI=1S/C18H19ClN4O2S/c19-15-3-1-2-14(10-15)16-12-21-23-7-4-17(22-18(16)23)20-11-13-5-8-26(24,25)9-6-13/h1-4,7,10,12-13H,5-6,8-9,11H2,(H,20,22). The summed E-state index contributed by atoms with van der Waals surface area (Å²) in [6.45, 7) is 0.722. The van der Waals surface area contributed by atoms with Crippen LogP contribution in [-0.4, -0.2) is 41.1 Å². The van der Waals surface area contributed by atoms with E-state index in [1.807, 2.05) is 36.5 Å². The molecule has 1 saturated heterocycles. The largest absolute Gasteiger partial charge is 0.370 e. The van der Waals surface area contributed by atoms with Crippen LogP contribution in [0.1, 0.15) is 12.8 Å². The Morgan fingerprint density at radius 2 is 2.04 bits per heavy atom. The van der Waals surface area contributed by atoms with E-state index in [4.69, 9.17) is 11.6 Å². The summed E-state index contributed by atoms with van der Waals surface area (Å²) in [4.78, 5) is 4.68. The molecule has 0 atom stereocenters. The number of fused-ring (bicyclic) bond motifs is 1. The van der Waals surface area contributed by atoms with Crippen LogP contribution in [0.4, 0.5) is 5.82 Å². The van der Waals surface area contributed by atoms with Crippen molar-refractivity contribution in [3.8, 4) is 11.1 Å². The van der Waals surface area contributed by atoms with Crippen LogP contribution in [0, 0.1) is 5.92 Å². The molecule has 136 valence electrons. The molecule has 0 unspecified atom stereocenters. The van der Waals surface area contributed by atoms with Gasteiger partial charge in [-0.15, -0.1) is 0 Å². The summed E-state index contributed by atoms with van der Waals surface area (Å²) in [6.07, 6.45) is 5.06. The van der Waals surface area contributed by atoms with Crippen LogP contribution in [0.5, 0.6) is 0 Å². The van der Waals surface area contributed by atoms with E-state index in [9.17, 15) is 8.42 Å². The van der Waals surface area contributed by atoms with Gasteiger partial charge in [-0.05, 0) is 42.5 Å². The Balaban J connectivity index is 1.53. The third-order valence-electron chi connectivity index (χ3n) is 4.75. The topological polar surface area (TPSA) is 76.4 Å². The van der Waals surface area contributed by atoms with E-state index in [0.717, 1.165) is 29.1 Å². The van der Waals surface area contributed by atoms with Gasteiger partial charge in [0.25, 0.3) is 0 Å². The molecule has 0 spiro atoms. The van der Waals surface area contributed by atoms with Gasteiger partial charge in [-0.3, -0.25) is 0 Å². The van der Waals surface area contributed by atoms with Crippen LogP contribution in [-0.2, 0) is 9.84 Å². The number of halogens is 1. The number of hydrogen-bond donors (Lipinski definition) is 1.